The number of hydrogen-bond donors (Lipinski definition) is 1. The number of ether oxygens (including phenoxy) is 1. The van der Waals surface area contributed by atoms with Gasteiger partial charge < -0.3 is 14.7 Å². The van der Waals surface area contributed by atoms with Crippen LogP contribution in [0.25, 0.3) is 6.08 Å². The van der Waals surface area contributed by atoms with Crippen molar-refractivity contribution in [2.24, 2.45) is 0 Å². The molecule has 0 aliphatic carbocycles. The van der Waals surface area contributed by atoms with Gasteiger partial charge in [-0.15, -0.1) is 0 Å². The number of carboxylic acid groups (broad SMARTS) is 1. The summed E-state index contributed by atoms with van der Waals surface area (Å²) < 4.78 is 45.3. The lowest BCUT2D eigenvalue weighted by Crippen LogP contribution is -2.24. The standard InChI is InChI=1S/C24H16F3NO3/c25-24(26,27)18-10-12-22-16(13-18)9-11-20(15-31-21-7-2-1-3-8-21)28(22)19-6-4-5-17(14-19)23(29)30/h1-10,12-14H,15H2,(H,29,30). The Balaban J connectivity index is 1.78. The molecular weight excluding hydrogens is 407 g/mol. The number of halogens is 3. The van der Waals surface area contributed by atoms with E-state index in [0.717, 1.165) is 12.1 Å². The van der Waals surface area contributed by atoms with E-state index in [2.05, 4.69) is 5.73 Å². The molecule has 0 unspecified atom stereocenters. The van der Waals surface area contributed by atoms with E-state index in [0.29, 0.717) is 28.4 Å². The lowest BCUT2D eigenvalue weighted by molar-refractivity contribution is -0.137. The number of carbonyl (C=O) groups is 1. The van der Waals surface area contributed by atoms with Crippen molar-refractivity contribution in [1.29, 1.82) is 0 Å². The minimum atomic E-state index is -4.47. The molecule has 7 heteroatoms. The monoisotopic (exact) mass is 423 g/mol. The Morgan fingerprint density at radius 3 is 2.48 bits per heavy atom. The zero-order chi connectivity index (χ0) is 22.0. The molecule has 0 fully saturated rings. The number of hydrogen-bond acceptors (Lipinski definition) is 3. The van der Waals surface area contributed by atoms with Gasteiger partial charge in [-0.3, -0.25) is 0 Å². The molecule has 4 nitrogen and oxygen atoms in total. The van der Waals surface area contributed by atoms with E-state index in [4.69, 9.17) is 4.74 Å². The summed E-state index contributed by atoms with van der Waals surface area (Å²) in [6.07, 6.45) is -3.00. The van der Waals surface area contributed by atoms with Crippen molar-refractivity contribution in [3.8, 4) is 5.75 Å². The van der Waals surface area contributed by atoms with Gasteiger partial charge in [-0.05, 0) is 54.6 Å². The molecule has 1 N–H and O–H groups in total. The van der Waals surface area contributed by atoms with E-state index in [1.807, 2.05) is 18.2 Å². The highest BCUT2D eigenvalue weighted by atomic mass is 19.4. The van der Waals surface area contributed by atoms with Crippen LogP contribution in [0.15, 0.2) is 84.2 Å². The molecule has 0 radical (unpaired) electrons. The van der Waals surface area contributed by atoms with Gasteiger partial charge in [-0.25, -0.2) is 4.79 Å². The third kappa shape index (κ3) is 4.32. The summed E-state index contributed by atoms with van der Waals surface area (Å²) in [6, 6.07) is 18.6. The number of anilines is 2. The van der Waals surface area contributed by atoms with E-state index in [1.165, 1.54) is 24.3 Å². The van der Waals surface area contributed by atoms with Gasteiger partial charge >= 0.3 is 12.1 Å². The molecule has 0 saturated heterocycles. The maximum atomic E-state index is 13.2. The maximum Gasteiger partial charge on any atom is 0.416 e. The van der Waals surface area contributed by atoms with Gasteiger partial charge in [0.25, 0.3) is 0 Å². The molecule has 31 heavy (non-hydrogen) atoms. The largest absolute Gasteiger partial charge is 0.487 e. The SMILES string of the molecule is O=C(O)c1cccc(N2C(COc3ccccc3)=C=Cc3cc(C(F)(F)F)ccc32)c1. The minimum absolute atomic E-state index is 0.0591. The molecular formula is C24H16F3NO3. The number of aromatic carboxylic acids is 1. The van der Waals surface area contributed by atoms with Crippen molar-refractivity contribution in [2.75, 3.05) is 11.5 Å². The van der Waals surface area contributed by atoms with Crippen LogP contribution >= 0.6 is 0 Å². The maximum absolute atomic E-state index is 13.2. The Labute approximate surface area is 176 Å². The minimum Gasteiger partial charge on any atom is -0.487 e. The van der Waals surface area contributed by atoms with E-state index in [1.54, 1.807) is 29.2 Å². The highest BCUT2D eigenvalue weighted by Crippen LogP contribution is 2.39. The van der Waals surface area contributed by atoms with Crippen LogP contribution in [0.4, 0.5) is 24.5 Å². The quantitative estimate of drug-likeness (QED) is 0.502. The number of rotatable bonds is 5. The van der Waals surface area contributed by atoms with Gasteiger partial charge in [0.2, 0.25) is 0 Å². The van der Waals surface area contributed by atoms with Gasteiger partial charge in [-0.1, -0.05) is 30.0 Å². The third-order valence-corrected chi connectivity index (χ3v) is 4.73. The van der Waals surface area contributed by atoms with Crippen LogP contribution in [-0.2, 0) is 6.18 Å². The normalized spacial score (nSPS) is 12.9. The van der Waals surface area contributed by atoms with E-state index in [9.17, 15) is 23.1 Å². The smallest absolute Gasteiger partial charge is 0.416 e. The summed E-state index contributed by atoms with van der Waals surface area (Å²) in [6.45, 7) is 0.0816. The van der Waals surface area contributed by atoms with Crippen LogP contribution in [0.3, 0.4) is 0 Å². The van der Waals surface area contributed by atoms with Crippen molar-refractivity contribution >= 4 is 23.4 Å². The van der Waals surface area contributed by atoms with E-state index >= 15 is 0 Å². The van der Waals surface area contributed by atoms with Crippen LogP contribution in [0.1, 0.15) is 21.5 Å². The number of alkyl halides is 3. The fourth-order valence-electron chi connectivity index (χ4n) is 3.27. The van der Waals surface area contributed by atoms with Crippen molar-refractivity contribution in [3.63, 3.8) is 0 Å². The molecule has 1 aliphatic rings. The van der Waals surface area contributed by atoms with Crippen molar-refractivity contribution in [3.05, 3.63) is 101 Å². The summed E-state index contributed by atoms with van der Waals surface area (Å²) >= 11 is 0. The zero-order valence-corrected chi connectivity index (χ0v) is 16.1. The topological polar surface area (TPSA) is 49.8 Å². The van der Waals surface area contributed by atoms with Gasteiger partial charge in [0.15, 0.2) is 0 Å². The summed E-state index contributed by atoms with van der Waals surface area (Å²) in [5.74, 6) is -0.484. The van der Waals surface area contributed by atoms with Crippen LogP contribution in [0, 0.1) is 0 Å². The molecule has 0 spiro atoms. The molecule has 3 aromatic rings. The van der Waals surface area contributed by atoms with Gasteiger partial charge in [0.1, 0.15) is 18.1 Å². The zero-order valence-electron chi connectivity index (χ0n) is 16.1. The summed E-state index contributed by atoms with van der Waals surface area (Å²) in [7, 11) is 0. The van der Waals surface area contributed by atoms with Crippen LogP contribution in [0.5, 0.6) is 5.75 Å². The Kier molecular flexibility index (Phi) is 5.28. The average Bonchev–Trinajstić information content (AvgIpc) is 2.77. The molecule has 156 valence electrons. The van der Waals surface area contributed by atoms with Crippen molar-refractivity contribution in [1.82, 2.24) is 0 Å². The first-order valence-corrected chi connectivity index (χ1v) is 9.31. The second-order valence-corrected chi connectivity index (χ2v) is 6.80. The fraction of sp³-hybridized carbons (Fsp3) is 0.0833. The predicted octanol–water partition coefficient (Wildman–Crippen LogP) is 6.13. The number of fused-ring (bicyclic) bond motifs is 1. The van der Waals surface area contributed by atoms with Crippen molar-refractivity contribution < 1.29 is 27.8 Å². The van der Waals surface area contributed by atoms with Gasteiger partial charge in [0, 0.05) is 11.3 Å². The average molecular weight is 423 g/mol. The highest BCUT2D eigenvalue weighted by Gasteiger charge is 2.32. The Morgan fingerprint density at radius 2 is 1.77 bits per heavy atom. The summed E-state index contributed by atoms with van der Waals surface area (Å²) in [5, 5.41) is 9.35. The van der Waals surface area contributed by atoms with Crippen LogP contribution < -0.4 is 9.64 Å². The van der Waals surface area contributed by atoms with E-state index in [-0.39, 0.29) is 12.2 Å². The van der Waals surface area contributed by atoms with E-state index < -0.39 is 17.7 Å². The molecule has 3 aromatic carbocycles. The summed E-state index contributed by atoms with van der Waals surface area (Å²) in [4.78, 5) is 13.1. The molecule has 0 atom stereocenters. The molecule has 1 heterocycles. The molecule has 4 rings (SSSR count). The van der Waals surface area contributed by atoms with Crippen LogP contribution in [0.2, 0.25) is 0 Å². The van der Waals surface area contributed by atoms with Gasteiger partial charge in [0.05, 0.1) is 16.8 Å². The Hall–Kier alpha value is -3.96. The number of benzene rings is 3. The second kappa shape index (κ2) is 8.05. The number of carboxylic acids is 1. The first-order valence-electron chi connectivity index (χ1n) is 9.31. The molecule has 1 aliphatic heterocycles. The van der Waals surface area contributed by atoms with Crippen molar-refractivity contribution in [2.45, 2.75) is 6.18 Å². The molecule has 0 aromatic heterocycles. The highest BCUT2D eigenvalue weighted by molar-refractivity contribution is 5.90. The number of nitrogens with zero attached hydrogens (tertiary/aromatic N) is 1. The predicted molar refractivity (Wildman–Crippen MR) is 110 cm³/mol. The van der Waals surface area contributed by atoms with Crippen LogP contribution in [-0.4, -0.2) is 17.7 Å². The third-order valence-electron chi connectivity index (χ3n) is 4.73. The molecule has 0 amide bonds. The molecule has 0 bridgehead atoms. The Bertz CT molecular complexity index is 1200. The first kappa shape index (κ1) is 20.3. The summed E-state index contributed by atoms with van der Waals surface area (Å²) in [5.41, 5.74) is 4.09. The lowest BCUT2D eigenvalue weighted by atomic mass is 10.0. The molecule has 0 saturated carbocycles. The fourth-order valence-corrected chi connectivity index (χ4v) is 3.27. The first-order chi connectivity index (χ1) is 14.8. The van der Waals surface area contributed by atoms with Gasteiger partial charge in [-0.2, -0.15) is 13.2 Å². The lowest BCUT2D eigenvalue weighted by Gasteiger charge is -2.30. The number of para-hydroxylation sites is 1. The Morgan fingerprint density at radius 1 is 1.00 bits per heavy atom. The second-order valence-electron chi connectivity index (χ2n) is 6.80.